The first-order chi connectivity index (χ1) is 12.8. The van der Waals surface area contributed by atoms with Crippen molar-refractivity contribution < 1.29 is 0 Å². The summed E-state index contributed by atoms with van der Waals surface area (Å²) < 4.78 is 1.18. The SMILES string of the molecule is CCc1cccc2c(C3=CCN(c4ncnc5ccsc45)CC3)c[nH]c12. The average molecular weight is 360 g/mol. The molecular formula is C21H20N4S. The number of nitrogens with zero attached hydrogens (tertiary/aromatic N) is 3. The molecule has 0 bridgehead atoms. The number of hydrogen-bond donors (Lipinski definition) is 1. The van der Waals surface area contributed by atoms with Gasteiger partial charge in [-0.15, -0.1) is 11.3 Å². The first kappa shape index (κ1) is 15.6. The molecule has 4 nitrogen and oxygen atoms in total. The van der Waals surface area contributed by atoms with Crippen molar-refractivity contribution in [3.8, 4) is 0 Å². The second kappa shape index (κ2) is 6.25. The van der Waals surface area contributed by atoms with Gasteiger partial charge < -0.3 is 9.88 Å². The van der Waals surface area contributed by atoms with Crippen LogP contribution in [0.2, 0.25) is 0 Å². The van der Waals surface area contributed by atoms with Crippen molar-refractivity contribution in [2.75, 3.05) is 18.0 Å². The van der Waals surface area contributed by atoms with Crippen LogP contribution in [0, 0.1) is 0 Å². The minimum atomic E-state index is 0.888. The summed E-state index contributed by atoms with van der Waals surface area (Å²) in [5, 5.41) is 3.43. The van der Waals surface area contributed by atoms with E-state index in [4.69, 9.17) is 0 Å². The molecule has 1 N–H and O–H groups in total. The number of para-hydroxylation sites is 1. The molecule has 0 fully saturated rings. The first-order valence-electron chi connectivity index (χ1n) is 9.06. The molecule has 0 aliphatic carbocycles. The first-order valence-corrected chi connectivity index (χ1v) is 9.94. The van der Waals surface area contributed by atoms with Crippen molar-refractivity contribution in [3.05, 3.63) is 59.4 Å². The zero-order chi connectivity index (χ0) is 17.5. The Hall–Kier alpha value is -2.66. The number of fused-ring (bicyclic) bond motifs is 2. The lowest BCUT2D eigenvalue weighted by Gasteiger charge is -2.27. The van der Waals surface area contributed by atoms with Crippen LogP contribution in [0.4, 0.5) is 5.82 Å². The predicted molar refractivity (Wildman–Crippen MR) is 110 cm³/mol. The topological polar surface area (TPSA) is 44.8 Å². The molecule has 1 aliphatic rings. The van der Waals surface area contributed by atoms with Gasteiger partial charge in [0.25, 0.3) is 0 Å². The highest BCUT2D eigenvalue weighted by Crippen LogP contribution is 2.34. The molecule has 130 valence electrons. The van der Waals surface area contributed by atoms with E-state index in [1.54, 1.807) is 17.7 Å². The zero-order valence-electron chi connectivity index (χ0n) is 14.7. The fraction of sp³-hybridized carbons (Fsp3) is 0.238. The molecule has 3 aromatic heterocycles. The Labute approximate surface area is 156 Å². The zero-order valence-corrected chi connectivity index (χ0v) is 15.5. The van der Waals surface area contributed by atoms with Crippen molar-refractivity contribution >= 4 is 43.8 Å². The number of rotatable bonds is 3. The van der Waals surface area contributed by atoms with Crippen LogP contribution in [0.3, 0.4) is 0 Å². The van der Waals surface area contributed by atoms with Crippen molar-refractivity contribution in [3.63, 3.8) is 0 Å². The largest absolute Gasteiger partial charge is 0.360 e. The Morgan fingerprint density at radius 1 is 1.23 bits per heavy atom. The molecule has 0 radical (unpaired) electrons. The number of benzene rings is 1. The molecule has 4 heterocycles. The molecule has 0 amide bonds. The van der Waals surface area contributed by atoms with E-state index < -0.39 is 0 Å². The summed E-state index contributed by atoms with van der Waals surface area (Å²) in [5.41, 5.74) is 6.48. The summed E-state index contributed by atoms with van der Waals surface area (Å²) in [6.07, 6.45) is 8.28. The molecule has 0 saturated carbocycles. The van der Waals surface area contributed by atoms with Crippen LogP contribution in [-0.4, -0.2) is 28.0 Å². The van der Waals surface area contributed by atoms with Crippen LogP contribution in [0.25, 0.3) is 26.7 Å². The predicted octanol–water partition coefficient (Wildman–Crippen LogP) is 5.03. The molecule has 0 saturated heterocycles. The van der Waals surface area contributed by atoms with Crippen molar-refractivity contribution in [2.24, 2.45) is 0 Å². The maximum atomic E-state index is 4.55. The van der Waals surface area contributed by atoms with Crippen molar-refractivity contribution in [1.29, 1.82) is 0 Å². The summed E-state index contributed by atoms with van der Waals surface area (Å²) in [4.78, 5) is 14.8. The van der Waals surface area contributed by atoms with Gasteiger partial charge in [0.2, 0.25) is 0 Å². The number of anilines is 1. The maximum Gasteiger partial charge on any atom is 0.150 e. The minimum Gasteiger partial charge on any atom is -0.360 e. The van der Waals surface area contributed by atoms with Gasteiger partial charge in [-0.2, -0.15) is 0 Å². The number of aromatic nitrogens is 3. The van der Waals surface area contributed by atoms with E-state index in [0.29, 0.717) is 0 Å². The van der Waals surface area contributed by atoms with E-state index in [2.05, 4.69) is 68.7 Å². The summed E-state index contributed by atoms with van der Waals surface area (Å²) in [7, 11) is 0. The molecule has 1 aliphatic heterocycles. The second-order valence-electron chi connectivity index (χ2n) is 6.65. The highest BCUT2D eigenvalue weighted by Gasteiger charge is 2.19. The van der Waals surface area contributed by atoms with Gasteiger partial charge in [-0.1, -0.05) is 31.2 Å². The van der Waals surface area contributed by atoms with Gasteiger partial charge >= 0.3 is 0 Å². The third-order valence-corrected chi connectivity index (χ3v) is 6.16. The minimum absolute atomic E-state index is 0.888. The quantitative estimate of drug-likeness (QED) is 0.557. The van der Waals surface area contributed by atoms with E-state index in [9.17, 15) is 0 Å². The van der Waals surface area contributed by atoms with Gasteiger partial charge in [-0.25, -0.2) is 9.97 Å². The van der Waals surface area contributed by atoms with Gasteiger partial charge in [0.05, 0.1) is 10.2 Å². The average Bonchev–Trinajstić information content (AvgIpc) is 3.34. The summed E-state index contributed by atoms with van der Waals surface area (Å²) in [5.74, 6) is 1.06. The Kier molecular flexibility index (Phi) is 3.75. The van der Waals surface area contributed by atoms with Gasteiger partial charge in [0.15, 0.2) is 0 Å². The lowest BCUT2D eigenvalue weighted by molar-refractivity contribution is 0.820. The summed E-state index contributed by atoms with van der Waals surface area (Å²) in [6, 6.07) is 8.67. The third kappa shape index (κ3) is 2.42. The molecular weight excluding hydrogens is 340 g/mol. The molecule has 1 aromatic carbocycles. The molecule has 26 heavy (non-hydrogen) atoms. The Bertz CT molecular complexity index is 1120. The Morgan fingerprint density at radius 2 is 2.19 bits per heavy atom. The molecule has 0 unspecified atom stereocenters. The van der Waals surface area contributed by atoms with E-state index in [0.717, 1.165) is 37.3 Å². The van der Waals surface area contributed by atoms with E-state index >= 15 is 0 Å². The fourth-order valence-corrected chi connectivity index (χ4v) is 4.75. The lowest BCUT2D eigenvalue weighted by Crippen LogP contribution is -2.29. The van der Waals surface area contributed by atoms with Crippen LogP contribution < -0.4 is 4.90 Å². The van der Waals surface area contributed by atoms with Crippen LogP contribution in [0.15, 0.2) is 48.2 Å². The number of nitrogens with one attached hydrogen (secondary N) is 1. The highest BCUT2D eigenvalue weighted by atomic mass is 32.1. The van der Waals surface area contributed by atoms with Crippen LogP contribution in [0.1, 0.15) is 24.5 Å². The monoisotopic (exact) mass is 360 g/mol. The molecule has 0 spiro atoms. The number of aryl methyl sites for hydroxylation is 1. The molecule has 0 atom stereocenters. The fourth-order valence-electron chi connectivity index (χ4n) is 3.88. The van der Waals surface area contributed by atoms with Crippen molar-refractivity contribution in [2.45, 2.75) is 19.8 Å². The number of aromatic amines is 1. The molecule has 5 rings (SSSR count). The second-order valence-corrected chi connectivity index (χ2v) is 7.57. The molecule has 5 heteroatoms. The van der Waals surface area contributed by atoms with Crippen LogP contribution >= 0.6 is 11.3 Å². The number of thiophene rings is 1. The lowest BCUT2D eigenvalue weighted by atomic mass is 9.97. The van der Waals surface area contributed by atoms with E-state index in [1.807, 2.05) is 0 Å². The number of hydrogen-bond acceptors (Lipinski definition) is 4. The van der Waals surface area contributed by atoms with Gasteiger partial charge in [0.1, 0.15) is 12.1 Å². The Balaban J connectivity index is 1.48. The smallest absolute Gasteiger partial charge is 0.150 e. The highest BCUT2D eigenvalue weighted by molar-refractivity contribution is 7.17. The Morgan fingerprint density at radius 3 is 3.04 bits per heavy atom. The molecule has 4 aromatic rings. The summed E-state index contributed by atoms with van der Waals surface area (Å²) >= 11 is 1.72. The van der Waals surface area contributed by atoms with Gasteiger partial charge in [-0.05, 0) is 35.4 Å². The van der Waals surface area contributed by atoms with Gasteiger partial charge in [-0.3, -0.25) is 0 Å². The van der Waals surface area contributed by atoms with Gasteiger partial charge in [0, 0.05) is 35.8 Å². The normalized spacial score (nSPS) is 15.0. The standard InChI is InChI=1S/C21H20N4S/c1-2-14-4-3-5-16-17(12-22-19(14)16)15-6-9-25(10-7-15)21-20-18(8-11-26-20)23-13-24-21/h3-6,8,11-13,22H,2,7,9-10H2,1H3. The van der Waals surface area contributed by atoms with E-state index in [1.165, 1.54) is 32.3 Å². The van der Waals surface area contributed by atoms with Crippen LogP contribution in [-0.2, 0) is 6.42 Å². The van der Waals surface area contributed by atoms with Crippen LogP contribution in [0.5, 0.6) is 0 Å². The third-order valence-electron chi connectivity index (χ3n) is 5.26. The number of H-pyrrole nitrogens is 1. The maximum absolute atomic E-state index is 4.55. The van der Waals surface area contributed by atoms with Crippen molar-refractivity contribution in [1.82, 2.24) is 15.0 Å². The van der Waals surface area contributed by atoms with E-state index in [-0.39, 0.29) is 0 Å². The summed E-state index contributed by atoms with van der Waals surface area (Å²) in [6.45, 7) is 4.08.